The molecule has 3 N–H and O–H groups in total. The molecule has 0 aromatic rings. The Morgan fingerprint density at radius 2 is 1.95 bits per heavy atom. The van der Waals surface area contributed by atoms with Crippen molar-refractivity contribution in [3.05, 3.63) is 0 Å². The Kier molecular flexibility index (Phi) is 3.56. The van der Waals surface area contributed by atoms with Crippen LogP contribution in [0.3, 0.4) is 0 Å². The molecule has 0 radical (unpaired) electrons. The average molecular weight is 266 g/mol. The van der Waals surface area contributed by atoms with Crippen LogP contribution in [0.2, 0.25) is 0 Å². The number of carbonyl (C=O) groups is 1. The lowest BCUT2D eigenvalue weighted by Crippen LogP contribution is -2.48. The zero-order valence-electron chi connectivity index (χ0n) is 11.7. The van der Waals surface area contributed by atoms with Gasteiger partial charge in [0.25, 0.3) is 0 Å². The number of aliphatic hydroxyl groups excluding tert-OH is 1. The second-order valence-corrected chi connectivity index (χ2v) is 6.82. The minimum absolute atomic E-state index is 0.192. The summed E-state index contributed by atoms with van der Waals surface area (Å²) in [6.45, 7) is 2.09. The summed E-state index contributed by atoms with van der Waals surface area (Å²) < 4.78 is 0. The summed E-state index contributed by atoms with van der Waals surface area (Å²) in [5, 5.41) is 9.97. The predicted octanol–water partition coefficient (Wildman–Crippen LogP) is 1.12. The number of aliphatic hydroxyl groups is 1. The molecule has 3 aliphatic rings. The molecule has 0 aromatic heterocycles. The van der Waals surface area contributed by atoms with Gasteiger partial charge >= 0.3 is 0 Å². The van der Waals surface area contributed by atoms with E-state index < -0.39 is 0 Å². The molecule has 1 heterocycles. The van der Waals surface area contributed by atoms with Crippen molar-refractivity contribution < 1.29 is 9.90 Å². The fourth-order valence-corrected chi connectivity index (χ4v) is 4.47. The highest BCUT2D eigenvalue weighted by Crippen LogP contribution is 2.42. The first-order chi connectivity index (χ1) is 9.16. The molecule has 1 saturated heterocycles. The largest absolute Gasteiger partial charge is 0.393 e. The SMILES string of the molecule is NCC1(C(=O)N2CC3CCC(O)C3C2)CCCCC1. The normalized spacial score (nSPS) is 37.4. The molecule has 0 bridgehead atoms. The number of hydrogen-bond acceptors (Lipinski definition) is 3. The number of nitrogens with two attached hydrogens (primary N) is 1. The number of fused-ring (bicyclic) bond motifs is 1. The van der Waals surface area contributed by atoms with Gasteiger partial charge in [0.1, 0.15) is 0 Å². The first kappa shape index (κ1) is 13.4. The zero-order valence-corrected chi connectivity index (χ0v) is 11.7. The van der Waals surface area contributed by atoms with E-state index in [1.807, 2.05) is 4.90 Å². The van der Waals surface area contributed by atoms with E-state index in [9.17, 15) is 9.90 Å². The molecule has 3 fully saturated rings. The summed E-state index contributed by atoms with van der Waals surface area (Å²) >= 11 is 0. The van der Waals surface area contributed by atoms with Crippen molar-refractivity contribution in [2.45, 2.75) is 51.0 Å². The summed E-state index contributed by atoms with van der Waals surface area (Å²) in [6, 6.07) is 0. The second kappa shape index (κ2) is 5.06. The van der Waals surface area contributed by atoms with E-state index >= 15 is 0 Å². The number of rotatable bonds is 2. The third kappa shape index (κ3) is 2.19. The summed E-state index contributed by atoms with van der Waals surface area (Å²) in [4.78, 5) is 14.9. The van der Waals surface area contributed by atoms with Gasteiger partial charge in [-0.1, -0.05) is 19.3 Å². The predicted molar refractivity (Wildman–Crippen MR) is 73.4 cm³/mol. The van der Waals surface area contributed by atoms with Crippen molar-refractivity contribution in [2.75, 3.05) is 19.6 Å². The molecule has 3 rings (SSSR count). The van der Waals surface area contributed by atoms with Gasteiger partial charge in [0.05, 0.1) is 11.5 Å². The molecule has 0 aromatic carbocycles. The van der Waals surface area contributed by atoms with Crippen LogP contribution in [0.5, 0.6) is 0 Å². The molecule has 0 spiro atoms. The van der Waals surface area contributed by atoms with Gasteiger partial charge in [-0.2, -0.15) is 0 Å². The summed E-state index contributed by atoms with van der Waals surface area (Å²) in [5.41, 5.74) is 5.66. The molecule has 3 unspecified atom stereocenters. The van der Waals surface area contributed by atoms with Crippen LogP contribution < -0.4 is 5.73 Å². The lowest BCUT2D eigenvalue weighted by molar-refractivity contribution is -0.143. The minimum atomic E-state index is -0.290. The number of carbonyl (C=O) groups excluding carboxylic acids is 1. The molecule has 1 aliphatic heterocycles. The Labute approximate surface area is 115 Å². The molecule has 2 aliphatic carbocycles. The second-order valence-electron chi connectivity index (χ2n) is 6.82. The van der Waals surface area contributed by atoms with Crippen LogP contribution in [0.1, 0.15) is 44.9 Å². The van der Waals surface area contributed by atoms with Crippen molar-refractivity contribution in [1.29, 1.82) is 0 Å². The van der Waals surface area contributed by atoms with Gasteiger partial charge in [-0.05, 0) is 31.6 Å². The van der Waals surface area contributed by atoms with Crippen LogP contribution in [0.25, 0.3) is 0 Å². The number of hydrogen-bond donors (Lipinski definition) is 2. The monoisotopic (exact) mass is 266 g/mol. The zero-order chi connectivity index (χ0) is 13.5. The number of nitrogens with zero attached hydrogens (tertiary/aromatic N) is 1. The average Bonchev–Trinajstić information content (AvgIpc) is 3.01. The molecule has 4 heteroatoms. The van der Waals surface area contributed by atoms with Gasteiger partial charge in [0, 0.05) is 25.6 Å². The molecule has 1 amide bonds. The van der Waals surface area contributed by atoms with Crippen LogP contribution in [0, 0.1) is 17.3 Å². The Hall–Kier alpha value is -0.610. The highest BCUT2D eigenvalue weighted by molar-refractivity contribution is 5.83. The summed E-state index contributed by atoms with van der Waals surface area (Å²) in [5.74, 6) is 1.12. The van der Waals surface area contributed by atoms with Crippen molar-refractivity contribution >= 4 is 5.91 Å². The van der Waals surface area contributed by atoms with Crippen LogP contribution >= 0.6 is 0 Å². The first-order valence-electron chi connectivity index (χ1n) is 7.84. The van der Waals surface area contributed by atoms with Crippen molar-refractivity contribution in [3.63, 3.8) is 0 Å². The molecule has 108 valence electrons. The van der Waals surface area contributed by atoms with E-state index in [0.717, 1.165) is 51.6 Å². The van der Waals surface area contributed by atoms with Gasteiger partial charge in [-0.3, -0.25) is 4.79 Å². The Morgan fingerprint density at radius 3 is 2.58 bits per heavy atom. The fraction of sp³-hybridized carbons (Fsp3) is 0.933. The smallest absolute Gasteiger partial charge is 0.230 e. The van der Waals surface area contributed by atoms with E-state index in [-0.39, 0.29) is 17.4 Å². The van der Waals surface area contributed by atoms with Crippen molar-refractivity contribution in [1.82, 2.24) is 4.90 Å². The minimum Gasteiger partial charge on any atom is -0.393 e. The molecule has 4 nitrogen and oxygen atoms in total. The third-order valence-corrected chi connectivity index (χ3v) is 5.76. The number of likely N-dealkylation sites (tertiary alicyclic amines) is 1. The van der Waals surface area contributed by atoms with E-state index in [1.165, 1.54) is 6.42 Å². The molecule has 2 saturated carbocycles. The first-order valence-corrected chi connectivity index (χ1v) is 7.84. The molecule has 19 heavy (non-hydrogen) atoms. The van der Waals surface area contributed by atoms with Crippen molar-refractivity contribution in [3.8, 4) is 0 Å². The Balaban J connectivity index is 1.70. The number of amides is 1. The van der Waals surface area contributed by atoms with Gasteiger partial charge in [0.15, 0.2) is 0 Å². The lowest BCUT2D eigenvalue weighted by atomic mass is 9.73. The van der Waals surface area contributed by atoms with E-state index in [1.54, 1.807) is 0 Å². The van der Waals surface area contributed by atoms with Crippen LogP contribution in [0.4, 0.5) is 0 Å². The van der Waals surface area contributed by atoms with Gasteiger partial charge in [-0.25, -0.2) is 0 Å². The maximum absolute atomic E-state index is 12.9. The topological polar surface area (TPSA) is 66.6 Å². The quantitative estimate of drug-likeness (QED) is 0.787. The molecular weight excluding hydrogens is 240 g/mol. The maximum atomic E-state index is 12.9. The Bertz CT molecular complexity index is 352. The van der Waals surface area contributed by atoms with E-state index in [0.29, 0.717) is 18.4 Å². The summed E-state index contributed by atoms with van der Waals surface area (Å²) in [7, 11) is 0. The molecular formula is C15H26N2O2. The van der Waals surface area contributed by atoms with Gasteiger partial charge < -0.3 is 15.7 Å². The van der Waals surface area contributed by atoms with Crippen molar-refractivity contribution in [2.24, 2.45) is 23.0 Å². The highest BCUT2D eigenvalue weighted by atomic mass is 16.3. The fourth-order valence-electron chi connectivity index (χ4n) is 4.47. The molecule has 3 atom stereocenters. The van der Waals surface area contributed by atoms with Crippen LogP contribution in [-0.4, -0.2) is 41.7 Å². The van der Waals surface area contributed by atoms with E-state index in [4.69, 9.17) is 5.73 Å². The maximum Gasteiger partial charge on any atom is 0.230 e. The van der Waals surface area contributed by atoms with Crippen LogP contribution in [0.15, 0.2) is 0 Å². The standard InChI is InChI=1S/C15H26N2O2/c16-10-15(6-2-1-3-7-15)14(19)17-8-11-4-5-13(18)12(11)9-17/h11-13,18H,1-10,16H2. The third-order valence-electron chi connectivity index (χ3n) is 5.76. The van der Waals surface area contributed by atoms with Crippen LogP contribution in [-0.2, 0) is 4.79 Å². The van der Waals surface area contributed by atoms with E-state index in [2.05, 4.69) is 0 Å². The van der Waals surface area contributed by atoms with Gasteiger partial charge in [0.2, 0.25) is 5.91 Å². The van der Waals surface area contributed by atoms with Gasteiger partial charge in [-0.15, -0.1) is 0 Å². The highest BCUT2D eigenvalue weighted by Gasteiger charge is 2.48. The Morgan fingerprint density at radius 1 is 1.21 bits per heavy atom. The lowest BCUT2D eigenvalue weighted by Gasteiger charge is -2.38. The summed E-state index contributed by atoms with van der Waals surface area (Å²) in [6.07, 6.45) is 7.21.